The zero-order valence-electron chi connectivity index (χ0n) is 14.3. The molecule has 0 radical (unpaired) electrons. The van der Waals surface area contributed by atoms with E-state index in [1.165, 1.54) is 56.1 Å². The number of hydrogen-bond acceptors (Lipinski definition) is 1. The Labute approximate surface area is 131 Å². The number of benzene rings is 1. The van der Waals surface area contributed by atoms with Gasteiger partial charge in [0.1, 0.15) is 0 Å². The average Bonchev–Trinajstić information content (AvgIpc) is 2.49. The van der Waals surface area contributed by atoms with Gasteiger partial charge in [-0.15, -0.1) is 0 Å². The van der Waals surface area contributed by atoms with Gasteiger partial charge in [0.15, 0.2) is 0 Å². The van der Waals surface area contributed by atoms with Crippen molar-refractivity contribution in [3.8, 4) is 0 Å². The van der Waals surface area contributed by atoms with Crippen LogP contribution in [0, 0.1) is 5.92 Å². The number of rotatable bonds is 5. The van der Waals surface area contributed by atoms with Gasteiger partial charge in [0, 0.05) is 6.04 Å². The summed E-state index contributed by atoms with van der Waals surface area (Å²) in [6.45, 7) is 4.55. The van der Waals surface area contributed by atoms with Gasteiger partial charge in [-0.25, -0.2) is 0 Å². The standard InChI is InChI=1S/C20H33N/c1-4-16-13-14-17(5-2)19(15-16)20(21-3)18-11-9-7-6-8-10-12-18/h13-15,18,20-21H,4-12H2,1-3H3. The SMILES string of the molecule is CCc1ccc(CC)c(C(NC)C2CCCCCCC2)c1. The molecule has 1 aromatic rings. The maximum absolute atomic E-state index is 3.66. The lowest BCUT2D eigenvalue weighted by molar-refractivity contribution is 0.298. The molecule has 1 atom stereocenters. The second-order valence-corrected chi connectivity index (χ2v) is 6.61. The average molecular weight is 287 g/mol. The molecule has 0 aliphatic heterocycles. The first-order chi connectivity index (χ1) is 10.3. The molecule has 1 saturated carbocycles. The first-order valence-corrected chi connectivity index (χ1v) is 9.09. The largest absolute Gasteiger partial charge is 0.313 e. The summed E-state index contributed by atoms with van der Waals surface area (Å²) in [4.78, 5) is 0. The van der Waals surface area contributed by atoms with Crippen molar-refractivity contribution in [3.63, 3.8) is 0 Å². The Kier molecular flexibility index (Phi) is 6.76. The van der Waals surface area contributed by atoms with Crippen molar-refractivity contribution in [1.29, 1.82) is 0 Å². The fourth-order valence-electron chi connectivity index (χ4n) is 3.94. The highest BCUT2D eigenvalue weighted by Gasteiger charge is 2.24. The third-order valence-corrected chi connectivity index (χ3v) is 5.27. The molecule has 1 nitrogen and oxygen atoms in total. The highest BCUT2D eigenvalue weighted by molar-refractivity contribution is 5.35. The molecule has 118 valence electrons. The lowest BCUT2D eigenvalue weighted by Crippen LogP contribution is -2.27. The van der Waals surface area contributed by atoms with Gasteiger partial charge in [-0.1, -0.05) is 64.2 Å². The van der Waals surface area contributed by atoms with Crippen LogP contribution >= 0.6 is 0 Å². The summed E-state index contributed by atoms with van der Waals surface area (Å²) < 4.78 is 0. The van der Waals surface area contributed by atoms with Gasteiger partial charge in [-0.05, 0) is 55.3 Å². The van der Waals surface area contributed by atoms with Crippen molar-refractivity contribution in [2.24, 2.45) is 5.92 Å². The fourth-order valence-corrected chi connectivity index (χ4v) is 3.94. The quantitative estimate of drug-likeness (QED) is 0.761. The lowest BCUT2D eigenvalue weighted by Gasteiger charge is -2.30. The molecule has 1 aromatic carbocycles. The minimum Gasteiger partial charge on any atom is -0.313 e. The maximum Gasteiger partial charge on any atom is 0.0348 e. The molecule has 1 aliphatic rings. The third-order valence-electron chi connectivity index (χ3n) is 5.27. The molecule has 0 bridgehead atoms. The van der Waals surface area contributed by atoms with Crippen molar-refractivity contribution >= 4 is 0 Å². The molecular weight excluding hydrogens is 254 g/mol. The summed E-state index contributed by atoms with van der Waals surface area (Å²) in [5, 5.41) is 3.66. The predicted octanol–water partition coefficient (Wildman–Crippen LogP) is 5.43. The molecule has 0 spiro atoms. The van der Waals surface area contributed by atoms with E-state index in [4.69, 9.17) is 0 Å². The van der Waals surface area contributed by atoms with E-state index < -0.39 is 0 Å². The molecular formula is C20H33N. The van der Waals surface area contributed by atoms with Crippen LogP contribution in [0.3, 0.4) is 0 Å². The van der Waals surface area contributed by atoms with Crippen molar-refractivity contribution in [3.05, 3.63) is 34.9 Å². The number of aryl methyl sites for hydroxylation is 2. The summed E-state index contributed by atoms with van der Waals surface area (Å²) in [5.74, 6) is 0.813. The lowest BCUT2D eigenvalue weighted by atomic mass is 9.81. The van der Waals surface area contributed by atoms with Crippen LogP contribution in [0.15, 0.2) is 18.2 Å². The van der Waals surface area contributed by atoms with Crippen molar-refractivity contribution in [1.82, 2.24) is 5.32 Å². The predicted molar refractivity (Wildman–Crippen MR) is 92.8 cm³/mol. The second kappa shape index (κ2) is 8.58. The van der Waals surface area contributed by atoms with Crippen LogP contribution in [-0.4, -0.2) is 7.05 Å². The normalized spacial score (nSPS) is 19.0. The van der Waals surface area contributed by atoms with E-state index in [0.29, 0.717) is 6.04 Å². The first-order valence-electron chi connectivity index (χ1n) is 9.09. The maximum atomic E-state index is 3.66. The Morgan fingerprint density at radius 1 is 1.00 bits per heavy atom. The Morgan fingerprint density at radius 2 is 1.67 bits per heavy atom. The Hall–Kier alpha value is -0.820. The number of hydrogen-bond donors (Lipinski definition) is 1. The zero-order chi connectivity index (χ0) is 15.1. The third kappa shape index (κ3) is 4.32. The van der Waals surface area contributed by atoms with E-state index in [1.54, 1.807) is 5.56 Å². The van der Waals surface area contributed by atoms with Crippen LogP contribution in [0.1, 0.15) is 81.5 Å². The Morgan fingerprint density at radius 3 is 2.24 bits per heavy atom. The van der Waals surface area contributed by atoms with E-state index >= 15 is 0 Å². The van der Waals surface area contributed by atoms with Crippen molar-refractivity contribution < 1.29 is 0 Å². The molecule has 0 heterocycles. The second-order valence-electron chi connectivity index (χ2n) is 6.61. The Bertz CT molecular complexity index is 416. The molecule has 1 unspecified atom stereocenters. The summed E-state index contributed by atoms with van der Waals surface area (Å²) >= 11 is 0. The molecule has 1 N–H and O–H groups in total. The van der Waals surface area contributed by atoms with E-state index in [0.717, 1.165) is 18.8 Å². The van der Waals surface area contributed by atoms with Crippen molar-refractivity contribution in [2.45, 2.75) is 77.7 Å². The summed E-state index contributed by atoms with van der Waals surface area (Å²) in [6, 6.07) is 7.69. The van der Waals surface area contributed by atoms with Crippen LogP contribution < -0.4 is 5.32 Å². The van der Waals surface area contributed by atoms with E-state index in [9.17, 15) is 0 Å². The van der Waals surface area contributed by atoms with Crippen LogP contribution in [0.4, 0.5) is 0 Å². The fraction of sp³-hybridized carbons (Fsp3) is 0.700. The first kappa shape index (κ1) is 16.5. The highest BCUT2D eigenvalue weighted by Crippen LogP contribution is 2.34. The Balaban J connectivity index is 2.25. The molecule has 21 heavy (non-hydrogen) atoms. The molecule has 1 fully saturated rings. The monoisotopic (exact) mass is 287 g/mol. The van der Waals surface area contributed by atoms with Gasteiger partial charge >= 0.3 is 0 Å². The van der Waals surface area contributed by atoms with Crippen LogP contribution in [0.5, 0.6) is 0 Å². The summed E-state index contributed by atoms with van der Waals surface area (Å²) in [6.07, 6.45) is 12.2. The van der Waals surface area contributed by atoms with Gasteiger partial charge in [-0.3, -0.25) is 0 Å². The smallest absolute Gasteiger partial charge is 0.0348 e. The minimum atomic E-state index is 0.546. The molecule has 1 aliphatic carbocycles. The van der Waals surface area contributed by atoms with Gasteiger partial charge in [0.25, 0.3) is 0 Å². The summed E-state index contributed by atoms with van der Waals surface area (Å²) in [7, 11) is 2.15. The topological polar surface area (TPSA) is 12.0 Å². The van der Waals surface area contributed by atoms with Gasteiger partial charge in [0.05, 0.1) is 0 Å². The van der Waals surface area contributed by atoms with Gasteiger partial charge < -0.3 is 5.32 Å². The number of nitrogens with one attached hydrogen (secondary N) is 1. The minimum absolute atomic E-state index is 0.546. The van der Waals surface area contributed by atoms with E-state index in [-0.39, 0.29) is 0 Å². The van der Waals surface area contributed by atoms with Gasteiger partial charge in [-0.2, -0.15) is 0 Å². The molecule has 0 aromatic heterocycles. The van der Waals surface area contributed by atoms with Gasteiger partial charge in [0.2, 0.25) is 0 Å². The van der Waals surface area contributed by atoms with Crippen LogP contribution in [0.2, 0.25) is 0 Å². The molecule has 0 saturated heterocycles. The molecule has 0 amide bonds. The van der Waals surface area contributed by atoms with E-state index in [1.807, 2.05) is 0 Å². The van der Waals surface area contributed by atoms with Crippen LogP contribution in [-0.2, 0) is 12.8 Å². The van der Waals surface area contributed by atoms with Crippen molar-refractivity contribution in [2.75, 3.05) is 7.05 Å². The molecule has 1 heteroatoms. The van der Waals surface area contributed by atoms with E-state index in [2.05, 4.69) is 44.4 Å². The highest BCUT2D eigenvalue weighted by atomic mass is 14.9. The molecule has 2 rings (SSSR count). The summed E-state index contributed by atoms with van der Waals surface area (Å²) in [5.41, 5.74) is 4.59. The van der Waals surface area contributed by atoms with Crippen LogP contribution in [0.25, 0.3) is 0 Å². The zero-order valence-corrected chi connectivity index (χ0v) is 14.3.